The van der Waals surface area contributed by atoms with Crippen LogP contribution in [0.4, 0.5) is 4.39 Å². The number of nitrogens with two attached hydrogens (primary N) is 1. The van der Waals surface area contributed by atoms with Crippen LogP contribution in [-0.2, 0) is 0 Å². The van der Waals surface area contributed by atoms with Crippen LogP contribution in [0.1, 0.15) is 11.1 Å². The van der Waals surface area contributed by atoms with Gasteiger partial charge in [0.1, 0.15) is 17.4 Å². The first-order valence-electron chi connectivity index (χ1n) is 5.31. The van der Waals surface area contributed by atoms with E-state index in [9.17, 15) is 4.39 Å². The second-order valence-corrected chi connectivity index (χ2v) is 3.78. The van der Waals surface area contributed by atoms with E-state index in [1.165, 1.54) is 18.2 Å². The van der Waals surface area contributed by atoms with Gasteiger partial charge in [-0.15, -0.1) is 0 Å². The van der Waals surface area contributed by atoms with Crippen molar-refractivity contribution in [3.05, 3.63) is 53.5 Å². The van der Waals surface area contributed by atoms with Crippen LogP contribution in [-0.4, -0.2) is 10.8 Å². The van der Waals surface area contributed by atoms with Gasteiger partial charge in [0.25, 0.3) is 0 Å². The topological polar surface area (TPSA) is 72.0 Å². The molecule has 0 spiro atoms. The number of ether oxygens (including phenoxy) is 1. The summed E-state index contributed by atoms with van der Waals surface area (Å²) in [5, 5.41) is 7.43. The predicted octanol–water partition coefficient (Wildman–Crippen LogP) is 2.61. The number of pyridine rings is 1. The van der Waals surface area contributed by atoms with E-state index in [-0.39, 0.29) is 17.5 Å². The maximum Gasteiger partial charge on any atom is 0.230 e. The average molecular weight is 245 g/mol. The molecule has 18 heavy (non-hydrogen) atoms. The number of aryl methyl sites for hydroxylation is 1. The molecule has 0 bridgehead atoms. The van der Waals surface area contributed by atoms with E-state index in [1.54, 1.807) is 25.3 Å². The Bertz CT molecular complexity index is 599. The quantitative estimate of drug-likeness (QED) is 0.645. The summed E-state index contributed by atoms with van der Waals surface area (Å²) >= 11 is 0. The minimum absolute atomic E-state index is 0.127. The summed E-state index contributed by atoms with van der Waals surface area (Å²) in [6.07, 6.45) is 1.54. The molecule has 0 aliphatic heterocycles. The number of nitrogens with one attached hydrogen (secondary N) is 1. The molecule has 4 nitrogen and oxygen atoms in total. The number of benzene rings is 1. The lowest BCUT2D eigenvalue weighted by Gasteiger charge is -2.10. The Balaban J connectivity index is 2.37. The van der Waals surface area contributed by atoms with Crippen molar-refractivity contribution in [2.24, 2.45) is 5.73 Å². The van der Waals surface area contributed by atoms with Gasteiger partial charge in [0.15, 0.2) is 0 Å². The van der Waals surface area contributed by atoms with Gasteiger partial charge in [-0.1, -0.05) is 0 Å². The number of hydrogen-bond donors (Lipinski definition) is 2. The molecule has 0 radical (unpaired) electrons. The van der Waals surface area contributed by atoms with E-state index in [2.05, 4.69) is 4.98 Å². The van der Waals surface area contributed by atoms with E-state index in [1.807, 2.05) is 0 Å². The number of halogens is 1. The zero-order valence-corrected chi connectivity index (χ0v) is 9.77. The van der Waals surface area contributed by atoms with E-state index in [0.717, 1.165) is 0 Å². The van der Waals surface area contributed by atoms with Crippen LogP contribution in [0, 0.1) is 18.2 Å². The Morgan fingerprint density at radius 2 is 2.17 bits per heavy atom. The smallest absolute Gasteiger partial charge is 0.230 e. The van der Waals surface area contributed by atoms with E-state index < -0.39 is 0 Å². The molecule has 0 amide bonds. The third kappa shape index (κ3) is 2.45. The van der Waals surface area contributed by atoms with Gasteiger partial charge in [0.05, 0.1) is 5.56 Å². The van der Waals surface area contributed by atoms with Crippen molar-refractivity contribution in [2.75, 3.05) is 0 Å². The lowest BCUT2D eigenvalue weighted by atomic mass is 10.2. The molecular formula is C13H12FN3O. The third-order valence-corrected chi connectivity index (χ3v) is 2.40. The molecule has 1 aromatic heterocycles. The standard InChI is InChI=1S/C13H12FN3O/c1-8-7-9(14)4-5-11(8)18-13-10(12(15)16)3-2-6-17-13/h2-7H,1H3,(H3,15,16). The highest BCUT2D eigenvalue weighted by Gasteiger charge is 2.10. The van der Waals surface area contributed by atoms with Crippen molar-refractivity contribution in [1.82, 2.24) is 4.98 Å². The van der Waals surface area contributed by atoms with Crippen molar-refractivity contribution < 1.29 is 9.13 Å². The largest absolute Gasteiger partial charge is 0.438 e. The first-order valence-corrected chi connectivity index (χ1v) is 5.31. The Hall–Kier alpha value is -2.43. The zero-order chi connectivity index (χ0) is 13.1. The van der Waals surface area contributed by atoms with Crippen molar-refractivity contribution in [3.8, 4) is 11.6 Å². The monoisotopic (exact) mass is 245 g/mol. The highest BCUT2D eigenvalue weighted by Crippen LogP contribution is 2.26. The Morgan fingerprint density at radius 3 is 2.83 bits per heavy atom. The molecule has 0 aliphatic carbocycles. The molecule has 0 atom stereocenters. The summed E-state index contributed by atoms with van der Waals surface area (Å²) in [5.74, 6) is 0.267. The van der Waals surface area contributed by atoms with Crippen LogP contribution in [0.5, 0.6) is 11.6 Å². The summed E-state index contributed by atoms with van der Waals surface area (Å²) in [6, 6.07) is 7.50. The summed E-state index contributed by atoms with van der Waals surface area (Å²) in [7, 11) is 0. The third-order valence-electron chi connectivity index (χ3n) is 2.40. The molecule has 1 heterocycles. The Kier molecular flexibility index (Phi) is 3.23. The van der Waals surface area contributed by atoms with Crippen LogP contribution in [0.25, 0.3) is 0 Å². The minimum Gasteiger partial charge on any atom is -0.438 e. The van der Waals surface area contributed by atoms with Gasteiger partial charge in [0, 0.05) is 6.20 Å². The minimum atomic E-state index is -0.326. The van der Waals surface area contributed by atoms with Gasteiger partial charge in [-0.25, -0.2) is 9.37 Å². The lowest BCUT2D eigenvalue weighted by molar-refractivity contribution is 0.456. The second-order valence-electron chi connectivity index (χ2n) is 3.78. The highest BCUT2D eigenvalue weighted by molar-refractivity contribution is 5.97. The molecule has 5 heteroatoms. The van der Waals surface area contributed by atoms with Gasteiger partial charge in [0.2, 0.25) is 5.88 Å². The zero-order valence-electron chi connectivity index (χ0n) is 9.77. The van der Waals surface area contributed by atoms with Gasteiger partial charge in [-0.05, 0) is 42.8 Å². The van der Waals surface area contributed by atoms with Crippen LogP contribution in [0.3, 0.4) is 0 Å². The number of nitrogens with zero attached hydrogens (tertiary/aromatic N) is 1. The van der Waals surface area contributed by atoms with Gasteiger partial charge in [-0.2, -0.15) is 0 Å². The summed E-state index contributed by atoms with van der Waals surface area (Å²) in [4.78, 5) is 4.02. The molecular weight excluding hydrogens is 233 g/mol. The van der Waals surface area contributed by atoms with Crippen molar-refractivity contribution in [1.29, 1.82) is 5.41 Å². The van der Waals surface area contributed by atoms with Crippen LogP contribution >= 0.6 is 0 Å². The Morgan fingerprint density at radius 1 is 1.39 bits per heavy atom. The van der Waals surface area contributed by atoms with E-state index >= 15 is 0 Å². The molecule has 0 saturated carbocycles. The van der Waals surface area contributed by atoms with Gasteiger partial charge in [-0.3, -0.25) is 5.41 Å². The number of hydrogen-bond acceptors (Lipinski definition) is 3. The normalized spacial score (nSPS) is 10.1. The fourth-order valence-corrected chi connectivity index (χ4v) is 1.51. The number of amidine groups is 1. The number of aromatic nitrogens is 1. The molecule has 0 saturated heterocycles. The van der Waals surface area contributed by atoms with E-state index in [4.69, 9.17) is 15.9 Å². The average Bonchev–Trinajstić information content (AvgIpc) is 2.33. The van der Waals surface area contributed by atoms with Crippen LogP contribution in [0.15, 0.2) is 36.5 Å². The SMILES string of the molecule is Cc1cc(F)ccc1Oc1ncccc1C(=N)N. The van der Waals surface area contributed by atoms with Crippen LogP contribution < -0.4 is 10.5 Å². The van der Waals surface area contributed by atoms with Gasteiger partial charge < -0.3 is 10.5 Å². The Labute approximate surface area is 104 Å². The van der Waals surface area contributed by atoms with Crippen molar-refractivity contribution in [3.63, 3.8) is 0 Å². The van der Waals surface area contributed by atoms with E-state index in [0.29, 0.717) is 16.9 Å². The van der Waals surface area contributed by atoms with Crippen molar-refractivity contribution in [2.45, 2.75) is 6.92 Å². The summed E-state index contributed by atoms with van der Waals surface area (Å²) < 4.78 is 18.5. The molecule has 0 fully saturated rings. The molecule has 1 aromatic carbocycles. The maximum absolute atomic E-state index is 13.0. The first-order chi connectivity index (χ1) is 8.58. The van der Waals surface area contributed by atoms with Gasteiger partial charge >= 0.3 is 0 Å². The van der Waals surface area contributed by atoms with Crippen molar-refractivity contribution >= 4 is 5.84 Å². The number of nitrogen functional groups attached to an aromatic ring is 1. The fourth-order valence-electron chi connectivity index (χ4n) is 1.51. The molecule has 92 valence electrons. The summed E-state index contributed by atoms with van der Waals surface area (Å²) in [5.41, 5.74) is 6.49. The second kappa shape index (κ2) is 4.83. The molecule has 0 unspecified atom stereocenters. The summed E-state index contributed by atoms with van der Waals surface area (Å²) in [6.45, 7) is 1.73. The number of rotatable bonds is 3. The highest BCUT2D eigenvalue weighted by atomic mass is 19.1. The van der Waals surface area contributed by atoms with Crippen LogP contribution in [0.2, 0.25) is 0 Å². The molecule has 0 aliphatic rings. The lowest BCUT2D eigenvalue weighted by Crippen LogP contribution is -2.13. The first kappa shape index (κ1) is 12.0. The maximum atomic E-state index is 13.0. The fraction of sp³-hybridized carbons (Fsp3) is 0.0769. The molecule has 2 rings (SSSR count). The predicted molar refractivity (Wildman–Crippen MR) is 66.5 cm³/mol. The molecule has 2 aromatic rings. The molecule has 3 N–H and O–H groups in total.